The molecule has 0 saturated heterocycles. The molecule has 0 saturated carbocycles. The molecule has 0 aromatic heterocycles. The summed E-state index contributed by atoms with van der Waals surface area (Å²) in [4.78, 5) is 11.6. The first-order valence-corrected chi connectivity index (χ1v) is 9.11. The number of sulfonamides is 1. The van der Waals surface area contributed by atoms with Crippen LogP contribution in [0.25, 0.3) is 0 Å². The van der Waals surface area contributed by atoms with Crippen molar-refractivity contribution in [2.75, 3.05) is 30.8 Å². The van der Waals surface area contributed by atoms with Gasteiger partial charge in [0, 0.05) is 19.0 Å². The monoisotopic (exact) mass is 328 g/mol. The van der Waals surface area contributed by atoms with E-state index in [1.165, 1.54) is 11.4 Å². The average Bonchev–Trinajstić information content (AvgIpc) is 2.48. The van der Waals surface area contributed by atoms with Crippen molar-refractivity contribution in [3.8, 4) is 5.75 Å². The summed E-state index contributed by atoms with van der Waals surface area (Å²) in [6.07, 6.45) is 3.39. The number of ether oxygens (including phenoxy) is 1. The van der Waals surface area contributed by atoms with E-state index < -0.39 is 10.0 Å². The van der Waals surface area contributed by atoms with E-state index in [1.54, 1.807) is 24.3 Å². The number of amides is 1. The molecular formula is C15H24N2O4S. The van der Waals surface area contributed by atoms with Crippen molar-refractivity contribution >= 4 is 21.6 Å². The van der Waals surface area contributed by atoms with Gasteiger partial charge in [-0.25, -0.2) is 8.42 Å². The lowest BCUT2D eigenvalue weighted by Gasteiger charge is -2.23. The van der Waals surface area contributed by atoms with Crippen molar-refractivity contribution < 1.29 is 17.9 Å². The summed E-state index contributed by atoms with van der Waals surface area (Å²) >= 11 is 0. The van der Waals surface area contributed by atoms with Crippen LogP contribution in [0.15, 0.2) is 24.3 Å². The van der Waals surface area contributed by atoms with E-state index in [1.807, 2.05) is 6.92 Å². The number of nitrogens with one attached hydrogen (secondary N) is 1. The van der Waals surface area contributed by atoms with Gasteiger partial charge >= 0.3 is 0 Å². The molecule has 7 heteroatoms. The second-order valence-corrected chi connectivity index (χ2v) is 6.90. The standard InChI is InChI=1S/C15H24N2O4S/c1-4-5-9-15(18)16-10-11-17(22(3,19)20)13-7-6-8-14(12-13)21-2/h6-8,12H,4-5,9-11H2,1-3H3,(H,16,18). The maximum absolute atomic E-state index is 12.0. The Hall–Kier alpha value is -1.76. The molecule has 0 heterocycles. The Balaban J connectivity index is 2.72. The van der Waals surface area contributed by atoms with Crippen LogP contribution in [-0.2, 0) is 14.8 Å². The number of hydrogen-bond acceptors (Lipinski definition) is 4. The third kappa shape index (κ3) is 5.93. The molecule has 1 aromatic rings. The average molecular weight is 328 g/mol. The Morgan fingerprint density at radius 1 is 1.36 bits per heavy atom. The number of methoxy groups -OCH3 is 1. The van der Waals surface area contributed by atoms with Crippen LogP contribution in [0, 0.1) is 0 Å². The van der Waals surface area contributed by atoms with E-state index in [-0.39, 0.29) is 19.0 Å². The molecule has 0 atom stereocenters. The highest BCUT2D eigenvalue weighted by Gasteiger charge is 2.17. The molecule has 1 amide bonds. The minimum atomic E-state index is -3.43. The lowest BCUT2D eigenvalue weighted by atomic mass is 10.2. The van der Waals surface area contributed by atoms with Crippen LogP contribution in [-0.4, -0.2) is 40.8 Å². The lowest BCUT2D eigenvalue weighted by molar-refractivity contribution is -0.121. The van der Waals surface area contributed by atoms with Gasteiger partial charge in [-0.1, -0.05) is 19.4 Å². The Bertz CT molecular complexity index is 587. The smallest absolute Gasteiger partial charge is 0.232 e. The summed E-state index contributed by atoms with van der Waals surface area (Å²) < 4.78 is 30.3. The molecule has 22 heavy (non-hydrogen) atoms. The maximum Gasteiger partial charge on any atom is 0.232 e. The molecule has 0 unspecified atom stereocenters. The SMILES string of the molecule is CCCCC(=O)NCCN(c1cccc(OC)c1)S(C)(=O)=O. The van der Waals surface area contributed by atoms with Gasteiger partial charge in [-0.3, -0.25) is 9.10 Å². The number of hydrogen-bond donors (Lipinski definition) is 1. The van der Waals surface area contributed by atoms with Crippen molar-refractivity contribution in [2.24, 2.45) is 0 Å². The largest absolute Gasteiger partial charge is 0.497 e. The van der Waals surface area contributed by atoms with E-state index in [2.05, 4.69) is 5.32 Å². The molecule has 1 rings (SSSR count). The molecule has 1 aromatic carbocycles. The molecule has 0 bridgehead atoms. The number of nitrogens with zero attached hydrogens (tertiary/aromatic N) is 1. The van der Waals surface area contributed by atoms with E-state index in [0.717, 1.165) is 19.1 Å². The van der Waals surface area contributed by atoms with Gasteiger partial charge in [-0.15, -0.1) is 0 Å². The topological polar surface area (TPSA) is 75.7 Å². The van der Waals surface area contributed by atoms with Gasteiger partial charge in [0.15, 0.2) is 0 Å². The van der Waals surface area contributed by atoms with Crippen LogP contribution < -0.4 is 14.4 Å². The van der Waals surface area contributed by atoms with Crippen LogP contribution >= 0.6 is 0 Å². The van der Waals surface area contributed by atoms with Gasteiger partial charge in [0.05, 0.1) is 25.6 Å². The van der Waals surface area contributed by atoms with Crippen LogP contribution in [0.5, 0.6) is 5.75 Å². The van der Waals surface area contributed by atoms with Crippen LogP contribution in [0.1, 0.15) is 26.2 Å². The normalized spacial score (nSPS) is 11.0. The predicted molar refractivity (Wildman–Crippen MR) is 87.7 cm³/mol. The highest BCUT2D eigenvalue weighted by molar-refractivity contribution is 7.92. The van der Waals surface area contributed by atoms with Crippen molar-refractivity contribution in [3.63, 3.8) is 0 Å². The zero-order valence-electron chi connectivity index (χ0n) is 13.3. The van der Waals surface area contributed by atoms with Crippen molar-refractivity contribution in [2.45, 2.75) is 26.2 Å². The molecule has 0 aliphatic carbocycles. The summed E-state index contributed by atoms with van der Waals surface area (Å²) in [5.74, 6) is 0.527. The van der Waals surface area contributed by atoms with Gasteiger partial charge < -0.3 is 10.1 Å². The fourth-order valence-corrected chi connectivity index (χ4v) is 2.89. The van der Waals surface area contributed by atoms with Gasteiger partial charge in [0.2, 0.25) is 15.9 Å². The number of carbonyl (C=O) groups excluding carboxylic acids is 1. The Kier molecular flexibility index (Phi) is 7.17. The fraction of sp³-hybridized carbons (Fsp3) is 0.533. The molecule has 0 spiro atoms. The summed E-state index contributed by atoms with van der Waals surface area (Å²) in [7, 11) is -1.91. The molecule has 0 aliphatic rings. The summed E-state index contributed by atoms with van der Waals surface area (Å²) in [5, 5.41) is 2.74. The molecule has 0 radical (unpaired) electrons. The first kappa shape index (κ1) is 18.3. The molecule has 0 fully saturated rings. The van der Waals surface area contributed by atoms with Crippen LogP contribution in [0.3, 0.4) is 0 Å². The van der Waals surface area contributed by atoms with E-state index >= 15 is 0 Å². The minimum absolute atomic E-state index is 0.0547. The molecular weight excluding hydrogens is 304 g/mol. The number of carbonyl (C=O) groups is 1. The van der Waals surface area contributed by atoms with Crippen LogP contribution in [0.2, 0.25) is 0 Å². The first-order valence-electron chi connectivity index (χ1n) is 7.27. The van der Waals surface area contributed by atoms with E-state index in [9.17, 15) is 13.2 Å². The summed E-state index contributed by atoms with van der Waals surface area (Å²) in [6.45, 7) is 2.47. The zero-order valence-corrected chi connectivity index (χ0v) is 14.1. The van der Waals surface area contributed by atoms with Gasteiger partial charge in [-0.05, 0) is 18.6 Å². The molecule has 6 nitrogen and oxygen atoms in total. The third-order valence-electron chi connectivity index (χ3n) is 3.14. The van der Waals surface area contributed by atoms with Crippen molar-refractivity contribution in [3.05, 3.63) is 24.3 Å². The quantitative estimate of drug-likeness (QED) is 0.749. The highest BCUT2D eigenvalue weighted by Crippen LogP contribution is 2.22. The number of unbranched alkanes of at least 4 members (excludes halogenated alkanes) is 1. The van der Waals surface area contributed by atoms with E-state index in [4.69, 9.17) is 4.74 Å². The predicted octanol–water partition coefficient (Wildman–Crippen LogP) is 1.77. The Morgan fingerprint density at radius 2 is 2.09 bits per heavy atom. The number of rotatable bonds is 9. The highest BCUT2D eigenvalue weighted by atomic mass is 32.2. The third-order valence-corrected chi connectivity index (χ3v) is 4.33. The zero-order chi connectivity index (χ0) is 16.6. The Morgan fingerprint density at radius 3 is 2.68 bits per heavy atom. The molecule has 1 N–H and O–H groups in total. The number of anilines is 1. The summed E-state index contributed by atoms with van der Waals surface area (Å²) in [6, 6.07) is 6.82. The lowest BCUT2D eigenvalue weighted by Crippen LogP contribution is -2.38. The minimum Gasteiger partial charge on any atom is -0.497 e. The van der Waals surface area contributed by atoms with Gasteiger partial charge in [0.1, 0.15) is 5.75 Å². The first-order chi connectivity index (χ1) is 10.4. The second-order valence-electron chi connectivity index (χ2n) is 4.99. The van der Waals surface area contributed by atoms with Crippen molar-refractivity contribution in [1.29, 1.82) is 0 Å². The van der Waals surface area contributed by atoms with Crippen molar-refractivity contribution in [1.82, 2.24) is 5.32 Å². The molecule has 0 aliphatic heterocycles. The Labute approximate surface area is 132 Å². The van der Waals surface area contributed by atoms with E-state index in [0.29, 0.717) is 17.9 Å². The van der Waals surface area contributed by atoms with Crippen LogP contribution in [0.4, 0.5) is 5.69 Å². The molecule has 124 valence electrons. The summed E-state index contributed by atoms with van der Waals surface area (Å²) in [5.41, 5.74) is 0.518. The fourth-order valence-electron chi connectivity index (χ4n) is 1.97. The van der Waals surface area contributed by atoms with Gasteiger partial charge in [0.25, 0.3) is 0 Å². The van der Waals surface area contributed by atoms with Gasteiger partial charge in [-0.2, -0.15) is 0 Å². The number of benzene rings is 1. The maximum atomic E-state index is 12.0. The second kappa shape index (κ2) is 8.63.